The van der Waals surface area contributed by atoms with Crippen LogP contribution >= 0.6 is 11.6 Å². The van der Waals surface area contributed by atoms with E-state index in [-0.39, 0.29) is 12.5 Å². The summed E-state index contributed by atoms with van der Waals surface area (Å²) in [6.07, 6.45) is 3.44. The fourth-order valence-corrected chi connectivity index (χ4v) is 2.63. The second-order valence-electron chi connectivity index (χ2n) is 5.50. The number of fused-ring (bicyclic) bond motifs is 1. The summed E-state index contributed by atoms with van der Waals surface area (Å²) in [4.78, 5) is 18.4. The van der Waals surface area contributed by atoms with Gasteiger partial charge in [-0.1, -0.05) is 29.8 Å². The van der Waals surface area contributed by atoms with Gasteiger partial charge in [0.1, 0.15) is 6.54 Å². The lowest BCUT2D eigenvalue weighted by atomic mass is 10.1. The Labute approximate surface area is 139 Å². The Kier molecular flexibility index (Phi) is 4.30. The molecule has 3 aromatic rings. The number of hydrogen-bond donors (Lipinski definition) is 0. The van der Waals surface area contributed by atoms with Gasteiger partial charge in [0.05, 0.1) is 16.2 Å². The number of amides is 1. The molecule has 2 aromatic heterocycles. The molecule has 1 amide bonds. The zero-order valence-electron chi connectivity index (χ0n) is 13.0. The molecule has 1 aromatic carbocycles. The first-order chi connectivity index (χ1) is 11.0. The summed E-state index contributed by atoms with van der Waals surface area (Å²) in [5, 5.41) is 5.85. The lowest BCUT2D eigenvalue weighted by Gasteiger charge is -2.18. The van der Waals surface area contributed by atoms with Crippen molar-refractivity contribution < 1.29 is 4.79 Å². The zero-order chi connectivity index (χ0) is 16.4. The number of pyridine rings is 1. The van der Waals surface area contributed by atoms with Crippen LogP contribution in [0.25, 0.3) is 10.9 Å². The molecule has 2 heterocycles. The zero-order valence-corrected chi connectivity index (χ0v) is 13.8. The van der Waals surface area contributed by atoms with Gasteiger partial charge < -0.3 is 4.90 Å². The highest BCUT2D eigenvalue weighted by Crippen LogP contribution is 2.18. The van der Waals surface area contributed by atoms with E-state index in [1.807, 2.05) is 37.3 Å². The molecule has 6 heteroatoms. The van der Waals surface area contributed by atoms with E-state index in [0.717, 1.165) is 22.2 Å². The molecule has 0 N–H and O–H groups in total. The highest BCUT2D eigenvalue weighted by molar-refractivity contribution is 6.31. The van der Waals surface area contributed by atoms with Crippen LogP contribution in [0, 0.1) is 6.92 Å². The quantitative estimate of drug-likeness (QED) is 0.739. The van der Waals surface area contributed by atoms with Crippen LogP contribution in [0.3, 0.4) is 0 Å². The third-order valence-corrected chi connectivity index (χ3v) is 4.12. The number of benzene rings is 1. The van der Waals surface area contributed by atoms with Gasteiger partial charge in [0, 0.05) is 31.4 Å². The van der Waals surface area contributed by atoms with Crippen LogP contribution in [-0.2, 0) is 17.9 Å². The second kappa shape index (κ2) is 6.38. The molecule has 0 atom stereocenters. The van der Waals surface area contributed by atoms with Crippen LogP contribution in [0.5, 0.6) is 0 Å². The van der Waals surface area contributed by atoms with Gasteiger partial charge in [0.25, 0.3) is 0 Å². The summed E-state index contributed by atoms with van der Waals surface area (Å²) >= 11 is 5.97. The lowest BCUT2D eigenvalue weighted by Crippen LogP contribution is -2.30. The summed E-state index contributed by atoms with van der Waals surface area (Å²) < 4.78 is 1.57. The van der Waals surface area contributed by atoms with Gasteiger partial charge >= 0.3 is 0 Å². The molecule has 23 heavy (non-hydrogen) atoms. The van der Waals surface area contributed by atoms with Crippen molar-refractivity contribution in [1.29, 1.82) is 0 Å². The van der Waals surface area contributed by atoms with Crippen LogP contribution < -0.4 is 0 Å². The molecule has 0 radical (unpaired) electrons. The normalized spacial score (nSPS) is 10.9. The van der Waals surface area contributed by atoms with Crippen molar-refractivity contribution in [3.8, 4) is 0 Å². The minimum atomic E-state index is -0.0231. The monoisotopic (exact) mass is 328 g/mol. The Balaban J connectivity index is 1.75. The Hall–Kier alpha value is -2.40. The molecular weight excluding hydrogens is 312 g/mol. The van der Waals surface area contributed by atoms with E-state index >= 15 is 0 Å². The van der Waals surface area contributed by atoms with E-state index in [0.29, 0.717) is 11.6 Å². The molecule has 0 aliphatic rings. The number of aryl methyl sites for hydroxylation is 1. The van der Waals surface area contributed by atoms with Gasteiger partial charge in [-0.05, 0) is 24.6 Å². The molecular formula is C17H17ClN4O. The molecule has 5 nitrogen and oxygen atoms in total. The fraction of sp³-hybridized carbons (Fsp3) is 0.235. The van der Waals surface area contributed by atoms with Crippen molar-refractivity contribution in [2.75, 3.05) is 7.05 Å². The number of nitrogens with zero attached hydrogens (tertiary/aromatic N) is 4. The van der Waals surface area contributed by atoms with E-state index in [1.54, 1.807) is 29.0 Å². The molecule has 0 saturated heterocycles. The van der Waals surface area contributed by atoms with Crippen LogP contribution in [0.4, 0.5) is 0 Å². The summed E-state index contributed by atoms with van der Waals surface area (Å²) in [6.45, 7) is 2.51. The fourth-order valence-electron chi connectivity index (χ4n) is 2.48. The molecule has 0 fully saturated rings. The molecule has 0 saturated carbocycles. The number of aromatic nitrogens is 3. The minimum absolute atomic E-state index is 0.0231. The second-order valence-corrected chi connectivity index (χ2v) is 5.90. The highest BCUT2D eigenvalue weighted by Gasteiger charge is 2.13. The lowest BCUT2D eigenvalue weighted by molar-refractivity contribution is -0.131. The Morgan fingerprint density at radius 1 is 1.30 bits per heavy atom. The van der Waals surface area contributed by atoms with Gasteiger partial charge in [-0.3, -0.25) is 14.5 Å². The Morgan fingerprint density at radius 3 is 2.87 bits per heavy atom. The number of halogens is 1. The van der Waals surface area contributed by atoms with Crippen LogP contribution in [0.15, 0.2) is 42.7 Å². The molecule has 0 unspecified atom stereocenters. The van der Waals surface area contributed by atoms with E-state index in [1.165, 1.54) is 0 Å². The first-order valence-corrected chi connectivity index (χ1v) is 7.68. The van der Waals surface area contributed by atoms with Crippen LogP contribution in [0.1, 0.15) is 11.3 Å². The minimum Gasteiger partial charge on any atom is -0.340 e. The summed E-state index contributed by atoms with van der Waals surface area (Å²) in [5.41, 5.74) is 2.73. The van der Waals surface area contributed by atoms with Gasteiger partial charge in [0.15, 0.2) is 0 Å². The van der Waals surface area contributed by atoms with Crippen molar-refractivity contribution in [3.05, 3.63) is 59.0 Å². The average Bonchev–Trinajstić information content (AvgIpc) is 2.85. The van der Waals surface area contributed by atoms with Gasteiger partial charge in [-0.2, -0.15) is 5.10 Å². The van der Waals surface area contributed by atoms with E-state index in [9.17, 15) is 4.79 Å². The summed E-state index contributed by atoms with van der Waals surface area (Å²) in [7, 11) is 1.79. The first-order valence-electron chi connectivity index (χ1n) is 7.31. The largest absolute Gasteiger partial charge is 0.340 e. The van der Waals surface area contributed by atoms with E-state index < -0.39 is 0 Å². The summed E-state index contributed by atoms with van der Waals surface area (Å²) in [5.74, 6) is -0.0231. The third-order valence-electron chi connectivity index (χ3n) is 3.75. The predicted octanol–water partition coefficient (Wildman–Crippen LogP) is 3.05. The topological polar surface area (TPSA) is 51.0 Å². The number of rotatable bonds is 4. The van der Waals surface area contributed by atoms with Crippen LogP contribution in [-0.4, -0.2) is 32.6 Å². The molecule has 3 rings (SSSR count). The maximum absolute atomic E-state index is 12.4. The standard InChI is InChI=1S/C17H17ClN4O/c1-12-15(18)10-22(20-12)11-17(23)21(2)9-13-5-3-7-16-14(13)6-4-8-19-16/h3-8,10H,9,11H2,1-2H3. The molecule has 0 spiro atoms. The van der Waals surface area contributed by atoms with Crippen molar-refractivity contribution in [1.82, 2.24) is 19.7 Å². The van der Waals surface area contributed by atoms with Crippen molar-refractivity contribution >= 4 is 28.4 Å². The number of carbonyl (C=O) groups excluding carboxylic acids is 1. The van der Waals surface area contributed by atoms with Gasteiger partial charge in [-0.25, -0.2) is 0 Å². The Bertz CT molecular complexity index is 834. The maximum Gasteiger partial charge on any atom is 0.244 e. The van der Waals surface area contributed by atoms with E-state index in [4.69, 9.17) is 11.6 Å². The van der Waals surface area contributed by atoms with E-state index in [2.05, 4.69) is 10.1 Å². The number of hydrogen-bond acceptors (Lipinski definition) is 3. The van der Waals surface area contributed by atoms with Gasteiger partial charge in [-0.15, -0.1) is 0 Å². The SMILES string of the molecule is Cc1nn(CC(=O)N(C)Cc2cccc3ncccc23)cc1Cl. The smallest absolute Gasteiger partial charge is 0.244 e. The van der Waals surface area contributed by atoms with Crippen LogP contribution in [0.2, 0.25) is 5.02 Å². The number of carbonyl (C=O) groups is 1. The van der Waals surface area contributed by atoms with Crippen molar-refractivity contribution in [3.63, 3.8) is 0 Å². The third kappa shape index (κ3) is 3.35. The molecule has 0 bridgehead atoms. The molecule has 0 aliphatic heterocycles. The maximum atomic E-state index is 12.4. The Morgan fingerprint density at radius 2 is 2.13 bits per heavy atom. The number of likely N-dealkylation sites (N-methyl/N-ethyl adjacent to an activating group) is 1. The van der Waals surface area contributed by atoms with Crippen molar-refractivity contribution in [2.45, 2.75) is 20.0 Å². The van der Waals surface area contributed by atoms with Crippen molar-refractivity contribution in [2.24, 2.45) is 0 Å². The highest BCUT2D eigenvalue weighted by atomic mass is 35.5. The predicted molar refractivity (Wildman–Crippen MR) is 90.2 cm³/mol. The summed E-state index contributed by atoms with van der Waals surface area (Å²) in [6, 6.07) is 9.87. The first kappa shape index (κ1) is 15.5. The molecule has 0 aliphatic carbocycles. The average molecular weight is 329 g/mol. The molecule has 118 valence electrons. The van der Waals surface area contributed by atoms with Gasteiger partial charge in [0.2, 0.25) is 5.91 Å².